The van der Waals surface area contributed by atoms with Crippen LogP contribution in [0.3, 0.4) is 0 Å². The van der Waals surface area contributed by atoms with Gasteiger partial charge in [0.05, 0.1) is 0 Å². The SMILES string of the molecule is CC[C@@H](N)c1cc(Cl)ccc1N. The van der Waals surface area contributed by atoms with Crippen LogP contribution in [-0.2, 0) is 0 Å². The molecule has 0 saturated carbocycles. The fourth-order valence-electron chi connectivity index (χ4n) is 1.09. The summed E-state index contributed by atoms with van der Waals surface area (Å²) in [6, 6.07) is 5.37. The van der Waals surface area contributed by atoms with E-state index in [2.05, 4.69) is 0 Å². The van der Waals surface area contributed by atoms with Gasteiger partial charge in [0.1, 0.15) is 0 Å². The smallest absolute Gasteiger partial charge is 0.0410 e. The summed E-state index contributed by atoms with van der Waals surface area (Å²) in [5.74, 6) is 0. The number of hydrogen-bond acceptors (Lipinski definition) is 2. The third kappa shape index (κ3) is 1.90. The maximum absolute atomic E-state index is 5.83. The normalized spacial score (nSPS) is 12.9. The first kappa shape index (κ1) is 9.36. The molecule has 0 radical (unpaired) electrons. The van der Waals surface area contributed by atoms with Gasteiger partial charge >= 0.3 is 0 Å². The summed E-state index contributed by atoms with van der Waals surface area (Å²) in [7, 11) is 0. The third-order valence-electron chi connectivity index (χ3n) is 1.89. The van der Waals surface area contributed by atoms with E-state index in [0.29, 0.717) is 10.7 Å². The Morgan fingerprint density at radius 1 is 1.50 bits per heavy atom. The number of nitrogen functional groups attached to an aromatic ring is 1. The van der Waals surface area contributed by atoms with Gasteiger partial charge in [-0.3, -0.25) is 0 Å². The van der Waals surface area contributed by atoms with Crippen LogP contribution < -0.4 is 11.5 Å². The quantitative estimate of drug-likeness (QED) is 0.694. The maximum atomic E-state index is 5.83. The van der Waals surface area contributed by atoms with Gasteiger partial charge in [0.2, 0.25) is 0 Å². The molecule has 0 aliphatic rings. The second-order valence-corrected chi connectivity index (χ2v) is 3.22. The van der Waals surface area contributed by atoms with Gasteiger partial charge in [0.15, 0.2) is 0 Å². The van der Waals surface area contributed by atoms with E-state index < -0.39 is 0 Å². The first-order chi connectivity index (χ1) is 5.65. The number of nitrogens with two attached hydrogens (primary N) is 2. The number of benzene rings is 1. The largest absolute Gasteiger partial charge is 0.398 e. The van der Waals surface area contributed by atoms with E-state index in [1.165, 1.54) is 0 Å². The van der Waals surface area contributed by atoms with Crippen LogP contribution in [0.5, 0.6) is 0 Å². The molecule has 3 heteroatoms. The molecular formula is C9H13ClN2. The van der Waals surface area contributed by atoms with Crippen molar-refractivity contribution in [1.29, 1.82) is 0 Å². The van der Waals surface area contributed by atoms with Crippen LogP contribution in [0.2, 0.25) is 5.02 Å². The van der Waals surface area contributed by atoms with Crippen molar-refractivity contribution >= 4 is 17.3 Å². The van der Waals surface area contributed by atoms with E-state index >= 15 is 0 Å². The molecule has 0 aliphatic carbocycles. The molecule has 0 aromatic heterocycles. The lowest BCUT2D eigenvalue weighted by molar-refractivity contribution is 0.701. The molecule has 0 heterocycles. The fourth-order valence-corrected chi connectivity index (χ4v) is 1.27. The molecular weight excluding hydrogens is 172 g/mol. The second kappa shape index (κ2) is 3.78. The van der Waals surface area contributed by atoms with Crippen LogP contribution >= 0.6 is 11.6 Å². The highest BCUT2D eigenvalue weighted by Gasteiger charge is 2.07. The number of anilines is 1. The second-order valence-electron chi connectivity index (χ2n) is 2.79. The van der Waals surface area contributed by atoms with Crippen LogP contribution in [0, 0.1) is 0 Å². The molecule has 1 aromatic rings. The molecule has 0 saturated heterocycles. The first-order valence-electron chi connectivity index (χ1n) is 3.95. The Morgan fingerprint density at radius 3 is 2.75 bits per heavy atom. The minimum Gasteiger partial charge on any atom is -0.398 e. The summed E-state index contributed by atoms with van der Waals surface area (Å²) >= 11 is 5.81. The topological polar surface area (TPSA) is 52.0 Å². The van der Waals surface area contributed by atoms with Crippen molar-refractivity contribution in [1.82, 2.24) is 0 Å². The van der Waals surface area contributed by atoms with Crippen molar-refractivity contribution < 1.29 is 0 Å². The van der Waals surface area contributed by atoms with E-state index in [9.17, 15) is 0 Å². The highest BCUT2D eigenvalue weighted by Crippen LogP contribution is 2.24. The van der Waals surface area contributed by atoms with Gasteiger partial charge in [-0.2, -0.15) is 0 Å². The Labute approximate surface area is 77.5 Å². The average Bonchev–Trinajstić information content (AvgIpc) is 2.08. The minimum atomic E-state index is -0.0105. The number of hydrogen-bond donors (Lipinski definition) is 2. The van der Waals surface area contributed by atoms with Gasteiger partial charge in [0.25, 0.3) is 0 Å². The Kier molecular flexibility index (Phi) is 2.95. The third-order valence-corrected chi connectivity index (χ3v) is 2.12. The van der Waals surface area contributed by atoms with E-state index in [1.54, 1.807) is 12.1 Å². The van der Waals surface area contributed by atoms with Crippen molar-refractivity contribution in [2.24, 2.45) is 5.73 Å². The lowest BCUT2D eigenvalue weighted by atomic mass is 10.0. The van der Waals surface area contributed by atoms with E-state index in [-0.39, 0.29) is 6.04 Å². The number of rotatable bonds is 2. The molecule has 66 valence electrons. The van der Waals surface area contributed by atoms with Crippen LogP contribution in [0.4, 0.5) is 5.69 Å². The van der Waals surface area contributed by atoms with Crippen molar-refractivity contribution in [2.75, 3.05) is 5.73 Å². The molecule has 1 aromatic carbocycles. The molecule has 12 heavy (non-hydrogen) atoms. The van der Waals surface area contributed by atoms with Crippen molar-refractivity contribution in [3.63, 3.8) is 0 Å². The fraction of sp³-hybridized carbons (Fsp3) is 0.333. The van der Waals surface area contributed by atoms with Crippen LogP contribution in [-0.4, -0.2) is 0 Å². The van der Waals surface area contributed by atoms with Crippen LogP contribution in [0.25, 0.3) is 0 Å². The number of halogens is 1. The van der Waals surface area contributed by atoms with Crippen LogP contribution in [0.1, 0.15) is 24.9 Å². The van der Waals surface area contributed by atoms with E-state index in [4.69, 9.17) is 23.1 Å². The first-order valence-corrected chi connectivity index (χ1v) is 4.33. The molecule has 1 atom stereocenters. The summed E-state index contributed by atoms with van der Waals surface area (Å²) < 4.78 is 0. The van der Waals surface area contributed by atoms with Gasteiger partial charge in [-0.25, -0.2) is 0 Å². The molecule has 0 fully saturated rings. The van der Waals surface area contributed by atoms with Gasteiger partial charge in [-0.15, -0.1) is 0 Å². The summed E-state index contributed by atoms with van der Waals surface area (Å²) in [5, 5.41) is 0.683. The van der Waals surface area contributed by atoms with Gasteiger partial charge in [-0.05, 0) is 30.2 Å². The predicted molar refractivity (Wildman–Crippen MR) is 53.1 cm³/mol. The summed E-state index contributed by atoms with van der Waals surface area (Å²) in [4.78, 5) is 0. The maximum Gasteiger partial charge on any atom is 0.0410 e. The Hall–Kier alpha value is -0.730. The minimum absolute atomic E-state index is 0.0105. The summed E-state index contributed by atoms with van der Waals surface area (Å²) in [6.07, 6.45) is 0.866. The Bertz CT molecular complexity index is 273. The molecule has 0 unspecified atom stereocenters. The molecule has 0 bridgehead atoms. The molecule has 0 spiro atoms. The Balaban J connectivity index is 3.04. The van der Waals surface area contributed by atoms with Gasteiger partial charge < -0.3 is 11.5 Å². The van der Waals surface area contributed by atoms with E-state index in [1.807, 2.05) is 13.0 Å². The zero-order valence-electron chi connectivity index (χ0n) is 7.05. The Morgan fingerprint density at radius 2 is 2.17 bits per heavy atom. The predicted octanol–water partition coefficient (Wildman–Crippen LogP) is 2.33. The molecule has 0 amide bonds. The molecule has 1 rings (SSSR count). The standard InChI is InChI=1S/C9H13ClN2/c1-2-8(11)7-5-6(10)3-4-9(7)12/h3-5,8H,2,11-12H2,1H3/t8-/m1/s1. The monoisotopic (exact) mass is 184 g/mol. The van der Waals surface area contributed by atoms with Crippen molar-refractivity contribution in [3.05, 3.63) is 28.8 Å². The highest BCUT2D eigenvalue weighted by molar-refractivity contribution is 6.30. The summed E-state index contributed by atoms with van der Waals surface area (Å²) in [6.45, 7) is 2.02. The summed E-state index contributed by atoms with van der Waals surface area (Å²) in [5.41, 5.74) is 13.2. The van der Waals surface area contributed by atoms with Crippen molar-refractivity contribution in [3.8, 4) is 0 Å². The molecule has 2 nitrogen and oxygen atoms in total. The lowest BCUT2D eigenvalue weighted by Gasteiger charge is -2.11. The van der Waals surface area contributed by atoms with Crippen molar-refractivity contribution in [2.45, 2.75) is 19.4 Å². The lowest BCUT2D eigenvalue weighted by Crippen LogP contribution is -2.10. The highest BCUT2D eigenvalue weighted by atomic mass is 35.5. The van der Waals surface area contributed by atoms with Gasteiger partial charge in [0, 0.05) is 16.8 Å². The molecule has 0 aliphatic heterocycles. The average molecular weight is 185 g/mol. The van der Waals surface area contributed by atoms with Crippen LogP contribution in [0.15, 0.2) is 18.2 Å². The zero-order valence-corrected chi connectivity index (χ0v) is 7.81. The zero-order chi connectivity index (χ0) is 9.14. The van der Waals surface area contributed by atoms with E-state index in [0.717, 1.165) is 12.0 Å². The van der Waals surface area contributed by atoms with Gasteiger partial charge in [-0.1, -0.05) is 18.5 Å². The molecule has 4 N–H and O–H groups in total.